The van der Waals surface area contributed by atoms with Crippen LogP contribution in [-0.4, -0.2) is 35.8 Å². The number of hydrogen-bond acceptors (Lipinski definition) is 4. The lowest BCUT2D eigenvalue weighted by molar-refractivity contribution is -0.131. The van der Waals surface area contributed by atoms with Gasteiger partial charge in [0.15, 0.2) is 0 Å². The topological polar surface area (TPSA) is 75.7 Å². The highest BCUT2D eigenvalue weighted by Crippen LogP contribution is 2.26. The second kappa shape index (κ2) is 5.55. The van der Waals surface area contributed by atoms with Crippen molar-refractivity contribution in [1.82, 2.24) is 10.2 Å². The van der Waals surface area contributed by atoms with E-state index >= 15 is 0 Å². The Morgan fingerprint density at radius 2 is 2.10 bits per heavy atom. The molecule has 1 aromatic rings. The van der Waals surface area contributed by atoms with Gasteiger partial charge in [-0.15, -0.1) is 0 Å². The van der Waals surface area contributed by atoms with Gasteiger partial charge in [-0.1, -0.05) is 6.92 Å². The van der Waals surface area contributed by atoms with E-state index in [1.807, 2.05) is 6.92 Å². The molecule has 1 fully saturated rings. The van der Waals surface area contributed by atoms with Crippen LogP contribution in [0.4, 0.5) is 4.79 Å². The summed E-state index contributed by atoms with van der Waals surface area (Å²) in [6.07, 6.45) is 1.23. The molecule has 6 nitrogen and oxygen atoms in total. The Hall–Kier alpha value is -2.37. The molecule has 1 aliphatic rings. The van der Waals surface area contributed by atoms with Crippen molar-refractivity contribution >= 4 is 18.2 Å². The molecule has 0 radical (unpaired) electrons. The summed E-state index contributed by atoms with van der Waals surface area (Å²) in [6.45, 7) is 3.62. The predicted octanol–water partition coefficient (Wildman–Crippen LogP) is 1.73. The zero-order valence-corrected chi connectivity index (χ0v) is 12.3. The van der Waals surface area contributed by atoms with Gasteiger partial charge in [-0.3, -0.25) is 14.5 Å². The Balaban J connectivity index is 2.32. The van der Waals surface area contributed by atoms with Crippen LogP contribution in [0.2, 0.25) is 0 Å². The highest BCUT2D eigenvalue weighted by Gasteiger charge is 2.46. The zero-order valence-electron chi connectivity index (χ0n) is 12.3. The van der Waals surface area contributed by atoms with E-state index in [0.717, 1.165) is 4.90 Å². The highest BCUT2D eigenvalue weighted by molar-refractivity contribution is 6.06. The monoisotopic (exact) mass is 290 g/mol. The molecular weight excluding hydrogens is 272 g/mol. The standard InChI is InChI=1S/C15H18N2O4/c1-4-15(2)13(19)17(14(20)16-15)8-11-7-10(9-18)5-6-12(11)21-3/h5-7,9H,4,8H2,1-3H3,(H,16,20). The molecule has 21 heavy (non-hydrogen) atoms. The van der Waals surface area contributed by atoms with E-state index < -0.39 is 11.6 Å². The molecule has 112 valence electrons. The SMILES string of the molecule is CCC1(C)NC(=O)N(Cc2cc(C=O)ccc2OC)C1=O. The van der Waals surface area contributed by atoms with Gasteiger partial charge in [0.25, 0.3) is 5.91 Å². The van der Waals surface area contributed by atoms with Crippen LogP contribution in [0.3, 0.4) is 0 Å². The first-order valence-electron chi connectivity index (χ1n) is 6.71. The van der Waals surface area contributed by atoms with Crippen LogP contribution in [-0.2, 0) is 11.3 Å². The minimum Gasteiger partial charge on any atom is -0.496 e. The number of urea groups is 1. The van der Waals surface area contributed by atoms with E-state index in [2.05, 4.69) is 5.32 Å². The van der Waals surface area contributed by atoms with Gasteiger partial charge in [0.1, 0.15) is 17.6 Å². The molecule has 0 spiro atoms. The van der Waals surface area contributed by atoms with Crippen molar-refractivity contribution in [2.75, 3.05) is 7.11 Å². The molecule has 0 bridgehead atoms. The number of nitrogens with one attached hydrogen (secondary N) is 1. The fourth-order valence-corrected chi connectivity index (χ4v) is 2.30. The van der Waals surface area contributed by atoms with Gasteiger partial charge in [-0.2, -0.15) is 0 Å². The Kier molecular flexibility index (Phi) is 3.97. The van der Waals surface area contributed by atoms with Crippen molar-refractivity contribution in [2.45, 2.75) is 32.4 Å². The lowest BCUT2D eigenvalue weighted by Gasteiger charge is -2.20. The van der Waals surface area contributed by atoms with E-state index in [9.17, 15) is 14.4 Å². The molecular formula is C15H18N2O4. The third-order valence-corrected chi connectivity index (χ3v) is 3.82. The molecule has 1 unspecified atom stereocenters. The minimum absolute atomic E-state index is 0.0745. The van der Waals surface area contributed by atoms with E-state index in [4.69, 9.17) is 4.74 Å². The van der Waals surface area contributed by atoms with Crippen LogP contribution in [0, 0.1) is 0 Å². The Bertz CT molecular complexity index is 599. The average molecular weight is 290 g/mol. The molecule has 1 N–H and O–H groups in total. The van der Waals surface area contributed by atoms with Gasteiger partial charge in [0.2, 0.25) is 0 Å². The lowest BCUT2D eigenvalue weighted by atomic mass is 9.99. The highest BCUT2D eigenvalue weighted by atomic mass is 16.5. The van der Waals surface area contributed by atoms with Crippen LogP contribution in [0.15, 0.2) is 18.2 Å². The second-order valence-corrected chi connectivity index (χ2v) is 5.20. The first kappa shape index (κ1) is 15.0. The van der Waals surface area contributed by atoms with Gasteiger partial charge < -0.3 is 10.1 Å². The van der Waals surface area contributed by atoms with E-state index in [-0.39, 0.29) is 12.5 Å². The molecule has 1 aliphatic heterocycles. The fourth-order valence-electron chi connectivity index (χ4n) is 2.30. The van der Waals surface area contributed by atoms with E-state index in [0.29, 0.717) is 29.6 Å². The summed E-state index contributed by atoms with van der Waals surface area (Å²) >= 11 is 0. The second-order valence-electron chi connectivity index (χ2n) is 5.20. The number of aldehydes is 1. The number of amides is 3. The average Bonchev–Trinajstić information content (AvgIpc) is 2.71. The third-order valence-electron chi connectivity index (χ3n) is 3.82. The first-order valence-corrected chi connectivity index (χ1v) is 6.71. The maximum Gasteiger partial charge on any atom is 0.325 e. The number of imide groups is 1. The summed E-state index contributed by atoms with van der Waals surface area (Å²) in [5.41, 5.74) is 0.217. The van der Waals surface area contributed by atoms with E-state index in [1.54, 1.807) is 25.1 Å². The fraction of sp³-hybridized carbons (Fsp3) is 0.400. The largest absolute Gasteiger partial charge is 0.496 e. The van der Waals surface area contributed by atoms with Crippen molar-refractivity contribution in [3.63, 3.8) is 0 Å². The number of hydrogen-bond donors (Lipinski definition) is 1. The maximum atomic E-state index is 12.4. The van der Waals surface area contributed by atoms with Crippen LogP contribution in [0.5, 0.6) is 5.75 Å². The minimum atomic E-state index is -0.868. The van der Waals surface area contributed by atoms with Gasteiger partial charge in [-0.25, -0.2) is 4.79 Å². The van der Waals surface area contributed by atoms with Crippen molar-refractivity contribution in [1.29, 1.82) is 0 Å². The van der Waals surface area contributed by atoms with Gasteiger partial charge in [-0.05, 0) is 31.5 Å². The smallest absolute Gasteiger partial charge is 0.325 e. The maximum absolute atomic E-state index is 12.4. The first-order chi connectivity index (χ1) is 9.95. The lowest BCUT2D eigenvalue weighted by Crippen LogP contribution is -2.43. The molecule has 6 heteroatoms. The number of carbonyl (C=O) groups excluding carboxylic acids is 3. The summed E-state index contributed by atoms with van der Waals surface area (Å²) in [7, 11) is 1.50. The molecule has 1 saturated heterocycles. The summed E-state index contributed by atoms with van der Waals surface area (Å²) in [5.74, 6) is 0.264. The summed E-state index contributed by atoms with van der Waals surface area (Å²) in [4.78, 5) is 36.4. The number of rotatable bonds is 5. The number of methoxy groups -OCH3 is 1. The van der Waals surface area contributed by atoms with Crippen LogP contribution in [0.1, 0.15) is 36.2 Å². The predicted molar refractivity (Wildman–Crippen MR) is 76.2 cm³/mol. The molecule has 1 heterocycles. The van der Waals surface area contributed by atoms with Crippen molar-refractivity contribution in [2.24, 2.45) is 0 Å². The Morgan fingerprint density at radius 3 is 2.62 bits per heavy atom. The van der Waals surface area contributed by atoms with Crippen molar-refractivity contribution in [3.8, 4) is 5.75 Å². The van der Waals surface area contributed by atoms with Crippen LogP contribution >= 0.6 is 0 Å². The molecule has 0 saturated carbocycles. The van der Waals surface area contributed by atoms with Gasteiger partial charge >= 0.3 is 6.03 Å². The number of carbonyl (C=O) groups is 3. The number of benzene rings is 1. The molecule has 3 amide bonds. The van der Waals surface area contributed by atoms with Gasteiger partial charge in [0.05, 0.1) is 13.7 Å². The van der Waals surface area contributed by atoms with Gasteiger partial charge in [0, 0.05) is 11.1 Å². The molecule has 2 rings (SSSR count). The van der Waals surface area contributed by atoms with Crippen molar-refractivity contribution < 1.29 is 19.1 Å². The zero-order chi connectivity index (χ0) is 15.6. The summed E-state index contributed by atoms with van der Waals surface area (Å²) in [6, 6.07) is 4.46. The molecule has 0 aliphatic carbocycles. The van der Waals surface area contributed by atoms with Crippen LogP contribution in [0.25, 0.3) is 0 Å². The Labute approximate surface area is 123 Å². The molecule has 1 atom stereocenters. The normalized spacial score (nSPS) is 21.4. The number of nitrogens with zero attached hydrogens (tertiary/aromatic N) is 1. The summed E-state index contributed by atoms with van der Waals surface area (Å²) in [5, 5.41) is 2.69. The Morgan fingerprint density at radius 1 is 1.38 bits per heavy atom. The molecule has 1 aromatic carbocycles. The molecule has 0 aromatic heterocycles. The van der Waals surface area contributed by atoms with Crippen LogP contribution < -0.4 is 10.1 Å². The third kappa shape index (κ3) is 2.61. The summed E-state index contributed by atoms with van der Waals surface area (Å²) < 4.78 is 5.22. The van der Waals surface area contributed by atoms with E-state index in [1.165, 1.54) is 7.11 Å². The quantitative estimate of drug-likeness (QED) is 0.662. The number of ether oxygens (including phenoxy) is 1. The van der Waals surface area contributed by atoms with Crippen molar-refractivity contribution in [3.05, 3.63) is 29.3 Å².